The van der Waals surface area contributed by atoms with E-state index >= 15 is 0 Å². The third-order valence-electron chi connectivity index (χ3n) is 8.47. The summed E-state index contributed by atoms with van der Waals surface area (Å²) >= 11 is 1.84. The highest BCUT2D eigenvalue weighted by Gasteiger charge is 2.18. The minimum Gasteiger partial charge on any atom is -0.436 e. The lowest BCUT2D eigenvalue weighted by atomic mass is 10.0. The first-order valence-electron chi connectivity index (χ1n) is 15.0. The summed E-state index contributed by atoms with van der Waals surface area (Å²) in [6.45, 7) is 0. The van der Waals surface area contributed by atoms with Crippen LogP contribution in [0.15, 0.2) is 162 Å². The van der Waals surface area contributed by atoms with Crippen LogP contribution in [0.3, 0.4) is 0 Å². The minimum atomic E-state index is 0.637. The smallest absolute Gasteiger partial charge is 0.227 e. The molecule has 0 saturated carbocycles. The van der Waals surface area contributed by atoms with E-state index in [2.05, 4.69) is 126 Å². The number of hydrogen-bond donors (Lipinski definition) is 0. The summed E-state index contributed by atoms with van der Waals surface area (Å²) in [5.41, 5.74) is 8.32. The highest BCUT2D eigenvalue weighted by molar-refractivity contribution is 7.25. The normalized spacial score (nSPS) is 11.6. The van der Waals surface area contributed by atoms with Crippen molar-refractivity contribution < 1.29 is 4.42 Å². The number of fused-ring (bicyclic) bond motifs is 6. The Labute approximate surface area is 264 Å². The van der Waals surface area contributed by atoms with E-state index in [1.165, 1.54) is 31.3 Å². The topological polar surface area (TPSA) is 29.3 Å². The maximum absolute atomic E-state index is 6.18. The molecule has 0 saturated heterocycles. The molecule has 2 heterocycles. The molecule has 3 nitrogen and oxygen atoms in total. The van der Waals surface area contributed by atoms with Gasteiger partial charge in [0, 0.05) is 48.2 Å². The van der Waals surface area contributed by atoms with Crippen LogP contribution in [0.5, 0.6) is 0 Å². The van der Waals surface area contributed by atoms with E-state index in [0.29, 0.717) is 5.89 Å². The fraction of sp³-hybridized carbons (Fsp3) is 0. The number of aromatic nitrogens is 1. The molecule has 0 radical (unpaired) electrons. The molecule has 9 aromatic rings. The van der Waals surface area contributed by atoms with Crippen molar-refractivity contribution >= 4 is 70.4 Å². The van der Waals surface area contributed by atoms with Crippen LogP contribution in [0.4, 0.5) is 17.1 Å². The fourth-order valence-electron chi connectivity index (χ4n) is 6.31. The number of oxazole rings is 1. The third kappa shape index (κ3) is 4.46. The molecule has 7 aromatic carbocycles. The van der Waals surface area contributed by atoms with Crippen molar-refractivity contribution in [1.29, 1.82) is 0 Å². The Kier molecular flexibility index (Phi) is 6.00. The second-order valence-corrected chi connectivity index (χ2v) is 12.3. The number of anilines is 3. The van der Waals surface area contributed by atoms with E-state index in [-0.39, 0.29) is 0 Å². The molecule has 0 fully saturated rings. The average molecular weight is 595 g/mol. The summed E-state index contributed by atoms with van der Waals surface area (Å²) in [5.74, 6) is 0.637. The quantitative estimate of drug-likeness (QED) is 0.198. The molecule has 0 unspecified atom stereocenters. The molecule has 0 aliphatic rings. The summed E-state index contributed by atoms with van der Waals surface area (Å²) in [6.07, 6.45) is 0. The van der Waals surface area contributed by atoms with Gasteiger partial charge in [-0.2, -0.15) is 0 Å². The fourth-order valence-corrected chi connectivity index (χ4v) is 7.45. The predicted octanol–water partition coefficient (Wildman–Crippen LogP) is 12.2. The highest BCUT2D eigenvalue weighted by Crippen LogP contribution is 2.42. The summed E-state index contributed by atoms with van der Waals surface area (Å²) in [5, 5.41) is 4.78. The molecule has 2 aromatic heterocycles. The largest absolute Gasteiger partial charge is 0.436 e. The van der Waals surface area contributed by atoms with Crippen molar-refractivity contribution in [1.82, 2.24) is 4.98 Å². The van der Waals surface area contributed by atoms with Crippen molar-refractivity contribution in [3.8, 4) is 22.6 Å². The SMILES string of the molecule is c1ccc(-c2cccc(N(c3ccc4c(ccc5oc(-c6ccccc6)nc54)c3)c3ccc4c(c3)sc3ccccc34)c2)cc1. The minimum absolute atomic E-state index is 0.637. The predicted molar refractivity (Wildman–Crippen MR) is 190 cm³/mol. The van der Waals surface area contributed by atoms with Crippen molar-refractivity contribution in [2.45, 2.75) is 0 Å². The zero-order valence-corrected chi connectivity index (χ0v) is 25.0. The van der Waals surface area contributed by atoms with Crippen LogP contribution in [0.1, 0.15) is 0 Å². The van der Waals surface area contributed by atoms with Crippen molar-refractivity contribution in [2.75, 3.05) is 4.90 Å². The molecule has 0 N–H and O–H groups in total. The maximum atomic E-state index is 6.18. The highest BCUT2D eigenvalue weighted by atomic mass is 32.1. The maximum Gasteiger partial charge on any atom is 0.227 e. The van der Waals surface area contributed by atoms with Gasteiger partial charge in [-0.1, -0.05) is 91.0 Å². The van der Waals surface area contributed by atoms with E-state index in [1.807, 2.05) is 47.7 Å². The molecule has 45 heavy (non-hydrogen) atoms. The average Bonchev–Trinajstić information content (AvgIpc) is 3.71. The molecule has 0 atom stereocenters. The standard InChI is InChI=1S/C41H26N2OS/c1-3-10-27(11-4-1)29-14-9-15-31(24-29)43(33-20-22-36-35-16-7-8-17-38(35)45-39(36)26-33)32-19-21-34-30(25-32)18-23-37-40(34)42-41(44-37)28-12-5-2-6-13-28/h1-26H. The summed E-state index contributed by atoms with van der Waals surface area (Å²) < 4.78 is 8.76. The molecule has 0 aliphatic carbocycles. The van der Waals surface area contributed by atoms with E-state index in [9.17, 15) is 0 Å². The molecule has 9 rings (SSSR count). The third-order valence-corrected chi connectivity index (χ3v) is 9.60. The van der Waals surface area contributed by atoms with Gasteiger partial charge in [-0.05, 0) is 83.2 Å². The first-order chi connectivity index (χ1) is 22.3. The van der Waals surface area contributed by atoms with Crippen molar-refractivity contribution in [3.05, 3.63) is 158 Å². The van der Waals surface area contributed by atoms with Crippen LogP contribution in [-0.4, -0.2) is 4.98 Å². The van der Waals surface area contributed by atoms with Crippen molar-refractivity contribution in [2.24, 2.45) is 0 Å². The van der Waals surface area contributed by atoms with Gasteiger partial charge in [0.15, 0.2) is 5.58 Å². The Bertz CT molecular complexity index is 2500. The van der Waals surface area contributed by atoms with Gasteiger partial charge in [0.1, 0.15) is 5.52 Å². The van der Waals surface area contributed by atoms with E-state index in [4.69, 9.17) is 9.40 Å². The molecule has 0 amide bonds. The Morgan fingerprint density at radius 2 is 1.13 bits per heavy atom. The van der Waals surface area contributed by atoms with Gasteiger partial charge >= 0.3 is 0 Å². The zero-order chi connectivity index (χ0) is 29.7. The molecule has 0 aliphatic heterocycles. The number of nitrogens with zero attached hydrogens (tertiary/aromatic N) is 2. The van der Waals surface area contributed by atoms with Crippen LogP contribution in [0.2, 0.25) is 0 Å². The van der Waals surface area contributed by atoms with Gasteiger partial charge in [0.25, 0.3) is 0 Å². The molecular weight excluding hydrogens is 569 g/mol. The number of benzene rings is 7. The summed E-state index contributed by atoms with van der Waals surface area (Å²) in [7, 11) is 0. The van der Waals surface area contributed by atoms with Gasteiger partial charge in [0.05, 0.1) is 0 Å². The number of thiophene rings is 1. The Morgan fingerprint density at radius 3 is 1.98 bits per heavy atom. The number of rotatable bonds is 5. The molecule has 212 valence electrons. The van der Waals surface area contributed by atoms with Gasteiger partial charge < -0.3 is 9.32 Å². The van der Waals surface area contributed by atoms with E-state index < -0.39 is 0 Å². The number of hydrogen-bond acceptors (Lipinski definition) is 4. The van der Waals surface area contributed by atoms with Crippen LogP contribution < -0.4 is 4.90 Å². The van der Waals surface area contributed by atoms with Gasteiger partial charge in [-0.15, -0.1) is 11.3 Å². The van der Waals surface area contributed by atoms with Crippen LogP contribution in [0.25, 0.3) is 64.6 Å². The van der Waals surface area contributed by atoms with E-state index in [0.717, 1.165) is 44.5 Å². The van der Waals surface area contributed by atoms with Crippen LogP contribution in [0, 0.1) is 0 Å². The zero-order valence-electron chi connectivity index (χ0n) is 24.2. The van der Waals surface area contributed by atoms with Gasteiger partial charge in [-0.25, -0.2) is 4.98 Å². The van der Waals surface area contributed by atoms with Crippen molar-refractivity contribution in [3.63, 3.8) is 0 Å². The van der Waals surface area contributed by atoms with Crippen LogP contribution >= 0.6 is 11.3 Å². The second kappa shape index (κ2) is 10.5. The lowest BCUT2D eigenvalue weighted by molar-refractivity contribution is 0.620. The van der Waals surface area contributed by atoms with Gasteiger partial charge in [0.2, 0.25) is 5.89 Å². The first kappa shape index (κ1) is 25.8. The lowest BCUT2D eigenvalue weighted by Gasteiger charge is -2.26. The Morgan fingerprint density at radius 1 is 0.467 bits per heavy atom. The molecular formula is C41H26N2OS. The Hall–Kier alpha value is -5.71. The first-order valence-corrected chi connectivity index (χ1v) is 15.9. The van der Waals surface area contributed by atoms with Gasteiger partial charge in [-0.3, -0.25) is 0 Å². The van der Waals surface area contributed by atoms with E-state index in [1.54, 1.807) is 0 Å². The van der Waals surface area contributed by atoms with Crippen LogP contribution in [-0.2, 0) is 0 Å². The second-order valence-electron chi connectivity index (χ2n) is 11.2. The molecule has 0 bridgehead atoms. The Balaban J connectivity index is 1.22. The monoisotopic (exact) mass is 594 g/mol. The molecule has 0 spiro atoms. The lowest BCUT2D eigenvalue weighted by Crippen LogP contribution is -2.10. The molecule has 4 heteroatoms. The summed E-state index contributed by atoms with van der Waals surface area (Å²) in [4.78, 5) is 7.28. The summed E-state index contributed by atoms with van der Waals surface area (Å²) in [6, 6.07) is 55.7.